The summed E-state index contributed by atoms with van der Waals surface area (Å²) in [6, 6.07) is 4.36. The molecule has 1 aliphatic rings. The number of carboxylic acid groups (broad SMARTS) is 4. The van der Waals surface area contributed by atoms with Crippen molar-refractivity contribution in [2.45, 2.75) is 24.7 Å². The molecule has 1 aliphatic carbocycles. The Bertz CT molecular complexity index is 744. The highest BCUT2D eigenvalue weighted by Crippen LogP contribution is 2.49. The van der Waals surface area contributed by atoms with Gasteiger partial charge >= 0.3 is 23.9 Å². The molecular formula is C16H15ClO8. The Morgan fingerprint density at radius 3 is 2.20 bits per heavy atom. The number of benzene rings is 1. The van der Waals surface area contributed by atoms with Crippen molar-refractivity contribution in [1.29, 1.82) is 0 Å². The molecule has 0 heterocycles. The van der Waals surface area contributed by atoms with E-state index in [1.807, 2.05) is 0 Å². The van der Waals surface area contributed by atoms with Crippen molar-refractivity contribution in [3.05, 3.63) is 34.3 Å². The Kier molecular flexibility index (Phi) is 5.32. The standard InChI is InChI=1S/C16H15ClO8/c17-10-3-1-2-6-7(8(14(20)21)5-11(18)19)4-9(15(22)23)13(12(6)10)16(24)25/h1-3,7-9,13H,4-5H2,(H,18,19)(H,20,21)(H,22,23)(H,24,25). The number of aliphatic carboxylic acids is 4. The summed E-state index contributed by atoms with van der Waals surface area (Å²) in [6.07, 6.45) is -1.01. The molecular weight excluding hydrogens is 356 g/mol. The molecule has 0 saturated carbocycles. The summed E-state index contributed by atoms with van der Waals surface area (Å²) in [4.78, 5) is 45.8. The molecule has 2 rings (SSSR count). The van der Waals surface area contributed by atoms with Crippen molar-refractivity contribution >= 4 is 35.5 Å². The van der Waals surface area contributed by atoms with Gasteiger partial charge in [0.25, 0.3) is 0 Å². The molecule has 0 fully saturated rings. The molecule has 0 spiro atoms. The summed E-state index contributed by atoms with van der Waals surface area (Å²) in [5.74, 6) is -10.7. The molecule has 9 heteroatoms. The van der Waals surface area contributed by atoms with Gasteiger partial charge in [0.15, 0.2) is 0 Å². The SMILES string of the molecule is O=C(O)CC(C(=O)O)C1CC(C(=O)O)C(C(=O)O)c2c(Cl)cccc21. The average molecular weight is 371 g/mol. The van der Waals surface area contributed by atoms with Gasteiger partial charge in [-0.3, -0.25) is 19.2 Å². The second-order valence-corrected chi connectivity index (χ2v) is 6.30. The summed E-state index contributed by atoms with van der Waals surface area (Å²) in [5.41, 5.74) is 0.308. The van der Waals surface area contributed by atoms with Gasteiger partial charge in [-0.05, 0) is 29.5 Å². The molecule has 25 heavy (non-hydrogen) atoms. The van der Waals surface area contributed by atoms with E-state index >= 15 is 0 Å². The number of fused-ring (bicyclic) bond motifs is 1. The predicted molar refractivity (Wildman–Crippen MR) is 83.7 cm³/mol. The fraction of sp³-hybridized carbons (Fsp3) is 0.375. The van der Waals surface area contributed by atoms with Gasteiger partial charge in [0.1, 0.15) is 0 Å². The first-order valence-corrected chi connectivity index (χ1v) is 7.71. The third-order valence-electron chi connectivity index (χ3n) is 4.49. The highest BCUT2D eigenvalue weighted by Gasteiger charge is 2.47. The Balaban J connectivity index is 2.66. The van der Waals surface area contributed by atoms with E-state index in [1.165, 1.54) is 18.2 Å². The maximum atomic E-state index is 11.6. The number of carbonyl (C=O) groups is 4. The van der Waals surface area contributed by atoms with Gasteiger partial charge in [-0.25, -0.2) is 0 Å². The summed E-state index contributed by atoms with van der Waals surface area (Å²) in [6.45, 7) is 0. The predicted octanol–water partition coefficient (Wildman–Crippen LogP) is 1.87. The van der Waals surface area contributed by atoms with Crippen molar-refractivity contribution in [2.24, 2.45) is 11.8 Å². The monoisotopic (exact) mass is 370 g/mol. The maximum Gasteiger partial charge on any atom is 0.311 e. The number of rotatable bonds is 6. The van der Waals surface area contributed by atoms with Gasteiger partial charge in [-0.15, -0.1) is 0 Å². The van der Waals surface area contributed by atoms with Gasteiger partial charge in [0, 0.05) is 5.02 Å². The second kappa shape index (κ2) is 7.10. The van der Waals surface area contributed by atoms with E-state index in [2.05, 4.69) is 0 Å². The van der Waals surface area contributed by atoms with E-state index in [9.17, 15) is 34.5 Å². The van der Waals surface area contributed by atoms with Crippen LogP contribution >= 0.6 is 11.6 Å². The smallest absolute Gasteiger partial charge is 0.311 e. The quantitative estimate of drug-likeness (QED) is 0.592. The van der Waals surface area contributed by atoms with E-state index in [0.29, 0.717) is 0 Å². The van der Waals surface area contributed by atoms with Crippen LogP contribution in [0.4, 0.5) is 0 Å². The van der Waals surface area contributed by atoms with Crippen LogP contribution in [0.5, 0.6) is 0 Å². The molecule has 4 unspecified atom stereocenters. The lowest BCUT2D eigenvalue weighted by Gasteiger charge is -2.36. The molecule has 134 valence electrons. The minimum absolute atomic E-state index is 0.0142. The fourth-order valence-electron chi connectivity index (χ4n) is 3.45. The molecule has 0 radical (unpaired) electrons. The normalized spacial score (nSPS) is 23.3. The Morgan fingerprint density at radius 2 is 1.72 bits per heavy atom. The molecule has 0 aliphatic heterocycles. The fourth-order valence-corrected chi connectivity index (χ4v) is 3.75. The largest absolute Gasteiger partial charge is 0.481 e. The van der Waals surface area contributed by atoms with E-state index in [1.54, 1.807) is 0 Å². The van der Waals surface area contributed by atoms with Crippen molar-refractivity contribution in [2.75, 3.05) is 0 Å². The third kappa shape index (κ3) is 3.58. The molecule has 4 N–H and O–H groups in total. The van der Waals surface area contributed by atoms with E-state index in [4.69, 9.17) is 16.7 Å². The average Bonchev–Trinajstić information content (AvgIpc) is 2.50. The number of halogens is 1. The van der Waals surface area contributed by atoms with Gasteiger partial charge < -0.3 is 20.4 Å². The van der Waals surface area contributed by atoms with E-state index in [-0.39, 0.29) is 22.6 Å². The first kappa shape index (κ1) is 18.7. The zero-order chi connectivity index (χ0) is 18.9. The van der Waals surface area contributed by atoms with Gasteiger partial charge in [-0.1, -0.05) is 23.7 Å². The summed E-state index contributed by atoms with van der Waals surface area (Å²) >= 11 is 6.09. The van der Waals surface area contributed by atoms with Crippen molar-refractivity contribution in [3.63, 3.8) is 0 Å². The summed E-state index contributed by atoms with van der Waals surface area (Å²) in [5, 5.41) is 37.3. The van der Waals surface area contributed by atoms with Gasteiger partial charge in [-0.2, -0.15) is 0 Å². The Hall–Kier alpha value is -2.61. The van der Waals surface area contributed by atoms with E-state index < -0.39 is 54.0 Å². The summed E-state index contributed by atoms with van der Waals surface area (Å²) in [7, 11) is 0. The molecule has 8 nitrogen and oxygen atoms in total. The first-order valence-electron chi connectivity index (χ1n) is 7.33. The van der Waals surface area contributed by atoms with Crippen LogP contribution in [-0.4, -0.2) is 44.3 Å². The molecule has 0 aromatic heterocycles. The number of hydrogen-bond donors (Lipinski definition) is 4. The zero-order valence-electron chi connectivity index (χ0n) is 12.8. The van der Waals surface area contributed by atoms with Crippen molar-refractivity contribution in [3.8, 4) is 0 Å². The van der Waals surface area contributed by atoms with Crippen molar-refractivity contribution in [1.82, 2.24) is 0 Å². The lowest BCUT2D eigenvalue weighted by Crippen LogP contribution is -2.38. The van der Waals surface area contributed by atoms with Crippen LogP contribution in [0.15, 0.2) is 18.2 Å². The van der Waals surface area contributed by atoms with Crippen LogP contribution in [0.25, 0.3) is 0 Å². The molecule has 0 bridgehead atoms. The van der Waals surface area contributed by atoms with Crippen molar-refractivity contribution < 1.29 is 39.6 Å². The third-order valence-corrected chi connectivity index (χ3v) is 4.82. The highest BCUT2D eigenvalue weighted by molar-refractivity contribution is 6.31. The van der Waals surface area contributed by atoms with Crippen LogP contribution in [-0.2, 0) is 19.2 Å². The van der Waals surface area contributed by atoms with Crippen LogP contribution < -0.4 is 0 Å². The van der Waals surface area contributed by atoms with Crippen LogP contribution in [0, 0.1) is 11.8 Å². The second-order valence-electron chi connectivity index (χ2n) is 5.89. The van der Waals surface area contributed by atoms with Crippen LogP contribution in [0.1, 0.15) is 35.8 Å². The minimum Gasteiger partial charge on any atom is -0.481 e. The molecule has 4 atom stereocenters. The summed E-state index contributed by atoms with van der Waals surface area (Å²) < 4.78 is 0. The lowest BCUT2D eigenvalue weighted by molar-refractivity contribution is -0.153. The maximum absolute atomic E-state index is 11.6. The number of carboxylic acids is 4. The Morgan fingerprint density at radius 1 is 1.08 bits per heavy atom. The topological polar surface area (TPSA) is 149 Å². The molecule has 0 amide bonds. The lowest BCUT2D eigenvalue weighted by atomic mass is 9.66. The minimum atomic E-state index is -1.43. The molecule has 1 aromatic rings. The van der Waals surface area contributed by atoms with Gasteiger partial charge in [0.2, 0.25) is 0 Å². The van der Waals surface area contributed by atoms with E-state index in [0.717, 1.165) is 0 Å². The van der Waals surface area contributed by atoms with Crippen LogP contribution in [0.2, 0.25) is 5.02 Å². The molecule has 0 saturated heterocycles. The first-order chi connectivity index (χ1) is 11.6. The molecule has 1 aromatic carbocycles. The van der Waals surface area contributed by atoms with Crippen LogP contribution in [0.3, 0.4) is 0 Å². The van der Waals surface area contributed by atoms with Gasteiger partial charge in [0.05, 0.1) is 24.2 Å². The highest BCUT2D eigenvalue weighted by atomic mass is 35.5. The number of hydrogen-bond acceptors (Lipinski definition) is 4. The Labute approximate surface area is 146 Å². The zero-order valence-corrected chi connectivity index (χ0v) is 13.5.